The van der Waals surface area contributed by atoms with Gasteiger partial charge in [-0.05, 0) is 42.0 Å². The first-order chi connectivity index (χ1) is 6.81. The number of benzene rings is 1. The molecule has 0 spiro atoms. The summed E-state index contributed by atoms with van der Waals surface area (Å²) in [5, 5.41) is 9.23. The van der Waals surface area contributed by atoms with Crippen molar-refractivity contribution in [1.82, 2.24) is 0 Å². The Hall–Kier alpha value is -1.06. The van der Waals surface area contributed by atoms with Gasteiger partial charge in [0.1, 0.15) is 5.75 Å². The van der Waals surface area contributed by atoms with Crippen LogP contribution < -0.4 is 0 Å². The molecule has 1 N–H and O–H groups in total. The van der Waals surface area contributed by atoms with Crippen LogP contribution in [0, 0.1) is 0 Å². The third kappa shape index (κ3) is 1.74. The van der Waals surface area contributed by atoms with E-state index in [2.05, 4.69) is 4.89 Å². The number of fused-ring (bicyclic) bond motifs is 1. The lowest BCUT2D eigenvalue weighted by Crippen LogP contribution is -2.18. The Morgan fingerprint density at radius 2 is 2.36 bits per heavy atom. The summed E-state index contributed by atoms with van der Waals surface area (Å²) in [6.45, 7) is 0.626. The van der Waals surface area contributed by atoms with Crippen LogP contribution >= 0.6 is 0 Å². The zero-order valence-electron chi connectivity index (χ0n) is 8.19. The van der Waals surface area contributed by atoms with E-state index in [0.717, 1.165) is 12.8 Å². The van der Waals surface area contributed by atoms with Gasteiger partial charge in [-0.2, -0.15) is 0 Å². The monoisotopic (exact) mass is 194 g/mol. The van der Waals surface area contributed by atoms with Gasteiger partial charge >= 0.3 is 0 Å². The lowest BCUT2D eigenvalue weighted by molar-refractivity contribution is -0.273. The highest BCUT2D eigenvalue weighted by Gasteiger charge is 2.25. The Kier molecular flexibility index (Phi) is 2.70. The molecule has 1 aliphatic rings. The summed E-state index contributed by atoms with van der Waals surface area (Å²) in [6.07, 6.45) is 2.02. The molecule has 0 heterocycles. The van der Waals surface area contributed by atoms with Crippen LogP contribution in [0.2, 0.25) is 0 Å². The smallest absolute Gasteiger partial charge is 0.115 e. The molecule has 3 heteroatoms. The Morgan fingerprint density at radius 1 is 1.50 bits per heavy atom. The fraction of sp³-hybridized carbons (Fsp3) is 0.455. The van der Waals surface area contributed by atoms with Gasteiger partial charge in [0.2, 0.25) is 0 Å². The van der Waals surface area contributed by atoms with E-state index in [-0.39, 0.29) is 0 Å². The number of phenols is 1. The topological polar surface area (TPSA) is 38.7 Å². The van der Waals surface area contributed by atoms with E-state index in [1.54, 1.807) is 6.07 Å². The minimum Gasteiger partial charge on any atom is -0.508 e. The third-order valence-corrected chi connectivity index (χ3v) is 2.70. The Morgan fingerprint density at radius 3 is 3.07 bits per heavy atom. The summed E-state index contributed by atoms with van der Waals surface area (Å²) in [7, 11) is 1.52. The highest BCUT2D eigenvalue weighted by molar-refractivity contribution is 5.44. The fourth-order valence-electron chi connectivity index (χ4n) is 1.94. The van der Waals surface area contributed by atoms with Crippen LogP contribution in [0.4, 0.5) is 0 Å². The van der Waals surface area contributed by atoms with Gasteiger partial charge in [-0.1, -0.05) is 6.07 Å². The molecule has 1 aromatic rings. The second kappa shape index (κ2) is 3.98. The van der Waals surface area contributed by atoms with Crippen molar-refractivity contribution in [3.8, 4) is 5.75 Å². The molecule has 3 nitrogen and oxygen atoms in total. The maximum atomic E-state index is 9.23. The van der Waals surface area contributed by atoms with Crippen molar-refractivity contribution >= 4 is 0 Å². The molecule has 1 aromatic carbocycles. The number of aromatic hydroxyl groups is 1. The van der Waals surface area contributed by atoms with Crippen LogP contribution in [0.5, 0.6) is 5.75 Å². The van der Waals surface area contributed by atoms with Gasteiger partial charge in [0.15, 0.2) is 0 Å². The molecule has 0 bridgehead atoms. The van der Waals surface area contributed by atoms with Crippen molar-refractivity contribution in [3.63, 3.8) is 0 Å². The van der Waals surface area contributed by atoms with E-state index in [9.17, 15) is 5.11 Å². The molecule has 0 fully saturated rings. The molecule has 76 valence electrons. The summed E-state index contributed by atoms with van der Waals surface area (Å²) in [5.74, 6) is 0.927. The largest absolute Gasteiger partial charge is 0.508 e. The van der Waals surface area contributed by atoms with Crippen LogP contribution in [0.25, 0.3) is 0 Å². The van der Waals surface area contributed by atoms with E-state index < -0.39 is 0 Å². The average molecular weight is 194 g/mol. The zero-order valence-corrected chi connectivity index (χ0v) is 8.19. The maximum absolute atomic E-state index is 9.23. The van der Waals surface area contributed by atoms with Crippen LogP contribution in [-0.2, 0) is 16.2 Å². The zero-order chi connectivity index (χ0) is 9.97. The van der Waals surface area contributed by atoms with Crippen molar-refractivity contribution in [1.29, 1.82) is 0 Å². The van der Waals surface area contributed by atoms with Crippen molar-refractivity contribution in [2.24, 2.45) is 0 Å². The van der Waals surface area contributed by atoms with Crippen molar-refractivity contribution in [2.75, 3.05) is 13.7 Å². The first-order valence-electron chi connectivity index (χ1n) is 4.78. The van der Waals surface area contributed by atoms with Crippen molar-refractivity contribution < 1.29 is 14.9 Å². The molecule has 0 saturated carbocycles. The predicted octanol–water partition coefficient (Wildman–Crippen LogP) is 2.00. The van der Waals surface area contributed by atoms with E-state index in [0.29, 0.717) is 18.3 Å². The Balaban J connectivity index is 1.92. The normalized spacial score (nSPS) is 18.8. The van der Waals surface area contributed by atoms with E-state index in [1.807, 2.05) is 12.1 Å². The van der Waals surface area contributed by atoms with Gasteiger partial charge in [-0.3, -0.25) is 0 Å². The molecular formula is C11H14O3. The third-order valence-electron chi connectivity index (χ3n) is 2.70. The number of phenolic OH excluding ortho intramolecular Hbond substituents is 1. The molecule has 0 aromatic heterocycles. The summed E-state index contributed by atoms with van der Waals surface area (Å²) < 4.78 is 0. The van der Waals surface area contributed by atoms with Gasteiger partial charge < -0.3 is 5.11 Å². The number of hydrogen-bond acceptors (Lipinski definition) is 3. The molecule has 1 atom stereocenters. The average Bonchev–Trinajstić information content (AvgIpc) is 2.14. The van der Waals surface area contributed by atoms with Gasteiger partial charge in [0.25, 0.3) is 0 Å². The van der Waals surface area contributed by atoms with Crippen molar-refractivity contribution in [3.05, 3.63) is 29.3 Å². The van der Waals surface area contributed by atoms with E-state index in [1.165, 1.54) is 18.2 Å². The maximum Gasteiger partial charge on any atom is 0.115 e. The standard InChI is InChI=1S/C11H14O3/c1-13-14-5-4-8-6-9-7-10(12)2-3-11(8)9/h2-3,7-8,12H,4-6H2,1H3/t8-/m1/s1. The molecule has 2 rings (SSSR count). The second-order valence-corrected chi connectivity index (χ2v) is 3.56. The molecule has 0 amide bonds. The van der Waals surface area contributed by atoms with Gasteiger partial charge in [0.05, 0.1) is 13.7 Å². The van der Waals surface area contributed by atoms with Gasteiger partial charge in [-0.25, -0.2) is 9.78 Å². The summed E-state index contributed by atoms with van der Waals surface area (Å²) >= 11 is 0. The fourth-order valence-corrected chi connectivity index (χ4v) is 1.94. The van der Waals surface area contributed by atoms with Crippen LogP contribution in [-0.4, -0.2) is 18.8 Å². The predicted molar refractivity (Wildman–Crippen MR) is 52.1 cm³/mol. The molecule has 0 aliphatic heterocycles. The lowest BCUT2D eigenvalue weighted by Gasteiger charge is -2.29. The minimum atomic E-state index is 0.357. The molecular weight excluding hydrogens is 180 g/mol. The molecule has 1 aliphatic carbocycles. The Bertz CT molecular complexity index is 322. The SMILES string of the molecule is COOCC[C@@H]1Cc2cc(O)ccc21. The first kappa shape index (κ1) is 9.49. The minimum absolute atomic E-state index is 0.357. The van der Waals surface area contributed by atoms with Crippen LogP contribution in [0.1, 0.15) is 23.5 Å². The summed E-state index contributed by atoms with van der Waals surface area (Å²) in [5.41, 5.74) is 2.59. The number of hydrogen-bond donors (Lipinski definition) is 1. The van der Waals surface area contributed by atoms with Gasteiger partial charge in [-0.15, -0.1) is 0 Å². The highest BCUT2D eigenvalue weighted by atomic mass is 17.2. The second-order valence-electron chi connectivity index (χ2n) is 3.56. The van der Waals surface area contributed by atoms with E-state index in [4.69, 9.17) is 4.89 Å². The van der Waals surface area contributed by atoms with Gasteiger partial charge in [0, 0.05) is 0 Å². The lowest BCUT2D eigenvalue weighted by atomic mass is 9.76. The van der Waals surface area contributed by atoms with E-state index >= 15 is 0 Å². The highest BCUT2D eigenvalue weighted by Crippen LogP contribution is 2.38. The van der Waals surface area contributed by atoms with Crippen LogP contribution in [0.15, 0.2) is 18.2 Å². The molecule has 0 radical (unpaired) electrons. The Labute approximate surface area is 83.2 Å². The number of rotatable bonds is 4. The van der Waals surface area contributed by atoms with Crippen LogP contribution in [0.3, 0.4) is 0 Å². The molecule has 0 unspecified atom stereocenters. The summed E-state index contributed by atoms with van der Waals surface area (Å²) in [4.78, 5) is 9.36. The molecule has 14 heavy (non-hydrogen) atoms. The molecule has 0 saturated heterocycles. The quantitative estimate of drug-likeness (QED) is 0.452. The van der Waals surface area contributed by atoms with Crippen molar-refractivity contribution in [2.45, 2.75) is 18.8 Å². The summed E-state index contributed by atoms with van der Waals surface area (Å²) in [6, 6.07) is 5.57. The first-order valence-corrected chi connectivity index (χ1v) is 4.78.